The summed E-state index contributed by atoms with van der Waals surface area (Å²) in [6.45, 7) is 21.8. The molecule has 510 valence electrons. The van der Waals surface area contributed by atoms with Gasteiger partial charge in [-0.05, 0) is 86.2 Å². The largest absolute Gasteiger partial charge is 0.480 e. The molecule has 0 spiro atoms. The number of fused-ring (bicyclic) bond motifs is 1. The van der Waals surface area contributed by atoms with Crippen LogP contribution in [0.15, 0.2) is 43.0 Å². The average Bonchev–Trinajstić information content (AvgIpc) is 1.63. The number of primary amides is 1. The van der Waals surface area contributed by atoms with Crippen LogP contribution in [0.25, 0.3) is 10.9 Å². The molecule has 29 nitrogen and oxygen atoms in total. The third kappa shape index (κ3) is 22.4. The van der Waals surface area contributed by atoms with Crippen LogP contribution in [0, 0.1) is 35.5 Å². The quantitative estimate of drug-likeness (QED) is 0.0359. The fourth-order valence-corrected chi connectivity index (χ4v) is 10.6. The second kappa shape index (κ2) is 35.4. The van der Waals surface area contributed by atoms with Crippen LogP contribution >= 0.6 is 0 Å². The van der Waals surface area contributed by atoms with Crippen LogP contribution in [0.3, 0.4) is 0 Å². The molecule has 92 heavy (non-hydrogen) atoms. The van der Waals surface area contributed by atoms with Gasteiger partial charge in [0.2, 0.25) is 65.0 Å². The number of likely N-dealkylation sites (tertiary alicyclic amines) is 1. The number of H-pyrrole nitrogens is 2. The molecule has 0 saturated carbocycles. The summed E-state index contributed by atoms with van der Waals surface area (Å²) in [5.74, 6) is -12.4. The van der Waals surface area contributed by atoms with Gasteiger partial charge in [-0.25, -0.2) is 9.78 Å². The average molecular weight is 1290 g/mol. The second-order valence-corrected chi connectivity index (χ2v) is 26.1. The van der Waals surface area contributed by atoms with E-state index in [4.69, 9.17) is 11.5 Å². The number of aliphatic hydroxyl groups is 1. The van der Waals surface area contributed by atoms with Crippen molar-refractivity contribution in [3.05, 3.63) is 54.2 Å². The Morgan fingerprint density at radius 3 is 1.57 bits per heavy atom. The van der Waals surface area contributed by atoms with Gasteiger partial charge in [0, 0.05) is 54.8 Å². The summed E-state index contributed by atoms with van der Waals surface area (Å²) in [6, 6.07) is -7.35. The number of para-hydroxylation sites is 1. The van der Waals surface area contributed by atoms with Gasteiger partial charge in [-0.3, -0.25) is 52.7 Å². The zero-order valence-corrected chi connectivity index (χ0v) is 55.1. The number of amides is 11. The predicted molar refractivity (Wildman–Crippen MR) is 340 cm³/mol. The smallest absolute Gasteiger partial charge is 0.326 e. The van der Waals surface area contributed by atoms with E-state index in [0.717, 1.165) is 0 Å². The lowest BCUT2D eigenvalue weighted by Gasteiger charge is -2.32. The molecule has 0 unspecified atom stereocenters. The number of aromatic nitrogens is 3. The van der Waals surface area contributed by atoms with Crippen molar-refractivity contribution in [2.24, 2.45) is 47.0 Å². The Morgan fingerprint density at radius 2 is 1.07 bits per heavy atom. The maximum atomic E-state index is 14.9. The number of nitrogens with zero attached hydrogens (tertiary/aromatic N) is 2. The van der Waals surface area contributed by atoms with Gasteiger partial charge >= 0.3 is 5.97 Å². The number of rotatable bonds is 36. The number of aliphatic hydroxyl groups excluding tert-OH is 1. The Hall–Kier alpha value is -8.47. The molecule has 17 N–H and O–H groups in total. The predicted octanol–water partition coefficient (Wildman–Crippen LogP) is -0.195. The van der Waals surface area contributed by atoms with E-state index in [1.54, 1.807) is 99.7 Å². The number of imidazole rings is 1. The Balaban J connectivity index is 1.63. The summed E-state index contributed by atoms with van der Waals surface area (Å²) >= 11 is 0. The monoisotopic (exact) mass is 1290 g/mol. The summed E-state index contributed by atoms with van der Waals surface area (Å²) in [7, 11) is 0. The SMILES string of the molecule is CC(C)C[C@H](NC(=O)[C@@H](N)C(C)C)C(=O)N[C@H](C(=O)N[C@@H](Cc1cnc[nH]1)C(=O)N1CCC[C@H]1C(=O)N[C@@H](CCC(N)=O)C(=O)N[C@@H](Cc1c[nH]c2ccccc12)C(=O)N[C@H](C(=O)N[C@@H](CC(C)C)C(=O)N[C@H](C(=O)N[C@H](C(=O)O)C(C)C)[C@@H](C)O)C(C)C)C(C)C. The number of carbonyl (C=O) groups excluding carboxylic acids is 11. The Morgan fingerprint density at radius 1 is 0.576 bits per heavy atom. The van der Waals surface area contributed by atoms with Gasteiger partial charge < -0.3 is 84.4 Å². The van der Waals surface area contributed by atoms with Crippen molar-refractivity contribution in [1.29, 1.82) is 0 Å². The Kier molecular flexibility index (Phi) is 29.2. The maximum absolute atomic E-state index is 14.9. The van der Waals surface area contributed by atoms with Gasteiger partial charge in [0.1, 0.15) is 60.4 Å². The third-order valence-corrected chi connectivity index (χ3v) is 16.0. The molecule has 1 saturated heterocycles. The van der Waals surface area contributed by atoms with E-state index in [1.165, 1.54) is 24.3 Å². The summed E-state index contributed by atoms with van der Waals surface area (Å²) in [6.07, 6.45) is 2.51. The molecule has 1 aliphatic heterocycles. The molecule has 1 aliphatic rings. The van der Waals surface area contributed by atoms with Crippen LogP contribution < -0.4 is 59.3 Å². The first kappa shape index (κ1) is 76.0. The van der Waals surface area contributed by atoms with Gasteiger partial charge in [0.05, 0.1) is 18.5 Å². The number of nitrogens with one attached hydrogen (secondary N) is 11. The minimum absolute atomic E-state index is 0.0131. The van der Waals surface area contributed by atoms with Crippen molar-refractivity contribution in [1.82, 2.24) is 67.7 Å². The van der Waals surface area contributed by atoms with E-state index >= 15 is 0 Å². The fraction of sp³-hybridized carbons (Fsp3) is 0.635. The Labute approximate surface area is 537 Å². The topological polar surface area (TPSA) is 453 Å². The van der Waals surface area contributed by atoms with Crippen molar-refractivity contribution in [2.75, 3.05) is 6.54 Å². The van der Waals surface area contributed by atoms with Crippen LogP contribution in [0.1, 0.15) is 140 Å². The number of carbonyl (C=O) groups is 12. The zero-order valence-electron chi connectivity index (χ0n) is 55.1. The van der Waals surface area contributed by atoms with E-state index in [2.05, 4.69) is 62.8 Å². The number of nitrogens with two attached hydrogens (primary N) is 2. The van der Waals surface area contributed by atoms with Crippen molar-refractivity contribution >= 4 is 81.9 Å². The van der Waals surface area contributed by atoms with Crippen LogP contribution in [-0.2, 0) is 70.4 Å². The Bertz CT molecular complexity index is 3030. The van der Waals surface area contributed by atoms with Gasteiger partial charge in [0.15, 0.2) is 0 Å². The number of hydrogen-bond acceptors (Lipinski definition) is 15. The van der Waals surface area contributed by atoms with Crippen LogP contribution in [0.5, 0.6) is 0 Å². The molecule has 4 rings (SSSR count). The third-order valence-electron chi connectivity index (χ3n) is 16.0. The van der Waals surface area contributed by atoms with E-state index in [-0.39, 0.29) is 62.8 Å². The standard InChI is InChI=1S/C63H99N15O14/c1-30(2)23-42(71-58(86)48(65)32(5)6)54(82)74-50(34(9)10)60(88)73-45(26-38-28-66-29-68-38)62(90)78-22-16-19-46(78)57(85)69-41(20-21-47(64)80)53(81)70-44(25-37-27-67-40-18-15-14-17-39(37)40)56(84)75-49(33(7)8)59(87)72-43(24-31(3)4)55(83)77-52(36(13)79)61(89)76-51(35(11)12)63(91)92/h14-15,17-18,27-36,41-46,48-52,67,79H,16,19-26,65H2,1-13H3,(H2,64,80)(H,66,68)(H,69,85)(H,70,81)(H,71,86)(H,72,87)(H,73,88)(H,74,82)(H,75,84)(H,76,89)(H,77,83)(H,91,92)/t36-,41+,42+,43+,44+,45+,46+,48+,49+,50+,51+,52+/m1/s1. The van der Waals surface area contributed by atoms with Gasteiger partial charge in [-0.2, -0.15) is 0 Å². The zero-order chi connectivity index (χ0) is 69.0. The van der Waals surface area contributed by atoms with Crippen LogP contribution in [-0.4, -0.2) is 180 Å². The summed E-state index contributed by atoms with van der Waals surface area (Å²) in [4.78, 5) is 178. The molecule has 0 aliphatic carbocycles. The van der Waals surface area contributed by atoms with Crippen molar-refractivity contribution in [3.8, 4) is 0 Å². The van der Waals surface area contributed by atoms with E-state index in [0.29, 0.717) is 28.6 Å². The van der Waals surface area contributed by atoms with Gasteiger partial charge in [0.25, 0.3) is 0 Å². The van der Waals surface area contributed by atoms with Crippen molar-refractivity contribution in [2.45, 2.75) is 214 Å². The lowest BCUT2D eigenvalue weighted by Crippen LogP contribution is -2.62. The lowest BCUT2D eigenvalue weighted by molar-refractivity contribution is -0.144. The first-order chi connectivity index (χ1) is 43.1. The molecule has 0 bridgehead atoms. The highest BCUT2D eigenvalue weighted by Crippen LogP contribution is 2.23. The molecule has 1 fully saturated rings. The molecule has 3 heterocycles. The number of aromatic amines is 2. The lowest BCUT2D eigenvalue weighted by atomic mass is 9.98. The van der Waals surface area contributed by atoms with Crippen molar-refractivity contribution < 1.29 is 67.7 Å². The van der Waals surface area contributed by atoms with Gasteiger partial charge in [-0.1, -0.05) is 101 Å². The molecule has 3 aromatic rings. The minimum Gasteiger partial charge on any atom is -0.480 e. The summed E-state index contributed by atoms with van der Waals surface area (Å²) in [5, 5.41) is 44.9. The summed E-state index contributed by atoms with van der Waals surface area (Å²) in [5.41, 5.74) is 13.4. The molecule has 2 aromatic heterocycles. The highest BCUT2D eigenvalue weighted by Gasteiger charge is 2.42. The molecule has 1 aromatic carbocycles. The fourth-order valence-electron chi connectivity index (χ4n) is 10.6. The highest BCUT2D eigenvalue weighted by atomic mass is 16.4. The molecular weight excluding hydrogens is 1190 g/mol. The molecule has 12 atom stereocenters. The van der Waals surface area contributed by atoms with Crippen LogP contribution in [0.2, 0.25) is 0 Å². The number of carboxylic acids is 1. The molecule has 11 amide bonds. The first-order valence-corrected chi connectivity index (χ1v) is 31.6. The van der Waals surface area contributed by atoms with Crippen LogP contribution in [0.4, 0.5) is 0 Å². The second-order valence-electron chi connectivity index (χ2n) is 26.1. The molecular formula is C63H99N15O14. The maximum Gasteiger partial charge on any atom is 0.326 e. The number of benzene rings is 1. The van der Waals surface area contributed by atoms with Crippen molar-refractivity contribution in [3.63, 3.8) is 0 Å². The molecule has 0 radical (unpaired) electrons. The van der Waals surface area contributed by atoms with E-state index in [9.17, 15) is 67.7 Å². The highest BCUT2D eigenvalue weighted by molar-refractivity contribution is 6.00. The first-order valence-electron chi connectivity index (χ1n) is 31.6. The normalized spacial score (nSPS) is 16.9. The van der Waals surface area contributed by atoms with E-state index in [1.807, 2.05) is 13.8 Å². The van der Waals surface area contributed by atoms with Gasteiger partial charge in [-0.15, -0.1) is 0 Å². The number of hydrogen-bond donors (Lipinski definition) is 15. The number of carboxylic acid groups (broad SMARTS) is 1. The number of aliphatic carboxylic acids is 1. The summed E-state index contributed by atoms with van der Waals surface area (Å²) < 4.78 is 0. The van der Waals surface area contributed by atoms with E-state index < -0.39 is 168 Å². The molecule has 29 heteroatoms. The minimum atomic E-state index is -1.63.